The molecule has 0 spiro atoms. The molecule has 0 aliphatic carbocycles. The van der Waals surface area contributed by atoms with Crippen LogP contribution in [-0.4, -0.2) is 38.7 Å². The molecule has 5 nitrogen and oxygen atoms in total. The van der Waals surface area contributed by atoms with Gasteiger partial charge in [0.25, 0.3) is 5.56 Å². The normalized spacial score (nSPS) is 21.0. The maximum absolute atomic E-state index is 13.1. The number of fused-ring (bicyclic) bond motifs is 1. The third kappa shape index (κ3) is 5.21. The molecule has 1 fully saturated rings. The molecular weight excluding hydrogens is 382 g/mol. The van der Waals surface area contributed by atoms with Crippen LogP contribution in [0.5, 0.6) is 0 Å². The van der Waals surface area contributed by atoms with Gasteiger partial charge in [0, 0.05) is 19.6 Å². The Labute approximate surface area is 177 Å². The van der Waals surface area contributed by atoms with Gasteiger partial charge in [0.05, 0.1) is 16.2 Å². The lowest BCUT2D eigenvalue weighted by Gasteiger charge is -2.36. The van der Waals surface area contributed by atoms with Gasteiger partial charge in [-0.1, -0.05) is 51.6 Å². The number of carbonyl (C=O) groups excluding carboxylic acids is 1. The molecule has 1 aromatic carbocycles. The van der Waals surface area contributed by atoms with Crippen LogP contribution >= 0.6 is 11.8 Å². The van der Waals surface area contributed by atoms with Gasteiger partial charge < -0.3 is 4.90 Å². The van der Waals surface area contributed by atoms with Crippen LogP contribution < -0.4 is 5.56 Å². The van der Waals surface area contributed by atoms with E-state index in [1.54, 1.807) is 4.57 Å². The van der Waals surface area contributed by atoms with E-state index < -0.39 is 0 Å². The number of thioether (sulfide) groups is 1. The van der Waals surface area contributed by atoms with Crippen molar-refractivity contribution in [3.63, 3.8) is 0 Å². The molecule has 1 aliphatic rings. The third-order valence-corrected chi connectivity index (χ3v) is 6.64. The number of aromatic nitrogens is 2. The van der Waals surface area contributed by atoms with Crippen molar-refractivity contribution in [2.75, 3.05) is 13.1 Å². The lowest BCUT2D eigenvalue weighted by atomic mass is 9.92. The molecule has 1 amide bonds. The minimum Gasteiger partial charge on any atom is -0.341 e. The zero-order valence-corrected chi connectivity index (χ0v) is 19.0. The van der Waals surface area contributed by atoms with Crippen LogP contribution in [0.1, 0.15) is 47.5 Å². The van der Waals surface area contributed by atoms with Gasteiger partial charge in [-0.2, -0.15) is 0 Å². The molecule has 1 aromatic heterocycles. The molecule has 0 bridgehead atoms. The van der Waals surface area contributed by atoms with Gasteiger partial charge in [0.1, 0.15) is 0 Å². The van der Waals surface area contributed by atoms with Gasteiger partial charge in [-0.3, -0.25) is 14.2 Å². The molecule has 1 saturated heterocycles. The van der Waals surface area contributed by atoms with E-state index in [-0.39, 0.29) is 16.7 Å². The van der Waals surface area contributed by atoms with Crippen molar-refractivity contribution in [1.82, 2.24) is 14.5 Å². The standard InChI is InChI=1S/C23H33N3O2S/c1-15(2)10-11-26-22(28)19-8-6-7-9-20(19)24-23(26)29-18(5)21(27)25-13-16(3)12-17(4)14-25/h6-9,15-18H,10-14H2,1-5H3. The second kappa shape index (κ2) is 9.33. The highest BCUT2D eigenvalue weighted by Crippen LogP contribution is 2.27. The van der Waals surface area contributed by atoms with Crippen molar-refractivity contribution in [2.45, 2.75) is 64.4 Å². The molecule has 0 radical (unpaired) electrons. The van der Waals surface area contributed by atoms with E-state index in [1.807, 2.05) is 36.1 Å². The Hall–Kier alpha value is -1.82. The van der Waals surface area contributed by atoms with E-state index in [9.17, 15) is 9.59 Å². The van der Waals surface area contributed by atoms with Crippen molar-refractivity contribution in [2.24, 2.45) is 17.8 Å². The van der Waals surface area contributed by atoms with Gasteiger partial charge in [0.2, 0.25) is 5.91 Å². The number of piperidine rings is 1. The largest absolute Gasteiger partial charge is 0.341 e. The minimum atomic E-state index is -0.272. The van der Waals surface area contributed by atoms with Crippen LogP contribution in [0.2, 0.25) is 0 Å². The summed E-state index contributed by atoms with van der Waals surface area (Å²) in [6, 6.07) is 7.47. The van der Waals surface area contributed by atoms with Gasteiger partial charge in [-0.05, 0) is 49.7 Å². The SMILES string of the molecule is CC(C)CCn1c(SC(C)C(=O)N2CC(C)CC(C)C2)nc2ccccc2c1=O. The highest BCUT2D eigenvalue weighted by Gasteiger charge is 2.29. The van der Waals surface area contributed by atoms with Gasteiger partial charge in [-0.15, -0.1) is 0 Å². The fourth-order valence-corrected chi connectivity index (χ4v) is 5.15. The summed E-state index contributed by atoms with van der Waals surface area (Å²) in [6.07, 6.45) is 2.07. The molecule has 29 heavy (non-hydrogen) atoms. The van der Waals surface area contributed by atoms with Crippen LogP contribution in [0.15, 0.2) is 34.2 Å². The Bertz CT molecular complexity index is 914. The molecule has 2 heterocycles. The van der Waals surface area contributed by atoms with Crippen molar-refractivity contribution >= 4 is 28.6 Å². The number of carbonyl (C=O) groups is 1. The van der Waals surface area contributed by atoms with Crippen molar-refractivity contribution in [1.29, 1.82) is 0 Å². The summed E-state index contributed by atoms with van der Waals surface area (Å²) >= 11 is 1.42. The zero-order valence-electron chi connectivity index (χ0n) is 18.2. The number of para-hydroxylation sites is 1. The number of benzene rings is 1. The molecular formula is C23H33N3O2S. The van der Waals surface area contributed by atoms with Gasteiger partial charge >= 0.3 is 0 Å². The number of amides is 1. The highest BCUT2D eigenvalue weighted by atomic mass is 32.2. The maximum atomic E-state index is 13.1. The Morgan fingerprint density at radius 3 is 2.48 bits per heavy atom. The molecule has 0 N–H and O–H groups in total. The summed E-state index contributed by atoms with van der Waals surface area (Å²) in [6.45, 7) is 12.9. The van der Waals surface area contributed by atoms with E-state index in [0.717, 1.165) is 19.5 Å². The Balaban J connectivity index is 1.88. The summed E-state index contributed by atoms with van der Waals surface area (Å²) < 4.78 is 1.76. The predicted octanol–water partition coefficient (Wildman–Crippen LogP) is 4.43. The number of nitrogens with zero attached hydrogens (tertiary/aromatic N) is 3. The van der Waals surface area contributed by atoms with Crippen molar-refractivity contribution in [3.05, 3.63) is 34.6 Å². The van der Waals surface area contributed by atoms with Crippen LogP contribution in [0.3, 0.4) is 0 Å². The fraction of sp³-hybridized carbons (Fsp3) is 0.609. The summed E-state index contributed by atoms with van der Waals surface area (Å²) in [4.78, 5) is 33.0. The fourth-order valence-electron chi connectivity index (χ4n) is 4.13. The predicted molar refractivity (Wildman–Crippen MR) is 120 cm³/mol. The molecule has 1 aliphatic heterocycles. The number of likely N-dealkylation sites (tertiary alicyclic amines) is 1. The van der Waals surface area contributed by atoms with E-state index in [4.69, 9.17) is 4.98 Å². The van der Waals surface area contributed by atoms with Gasteiger partial charge in [0.15, 0.2) is 5.16 Å². The smallest absolute Gasteiger partial charge is 0.262 e. The van der Waals surface area contributed by atoms with Crippen LogP contribution in [0, 0.1) is 17.8 Å². The summed E-state index contributed by atoms with van der Waals surface area (Å²) in [5.41, 5.74) is 0.680. The van der Waals surface area contributed by atoms with E-state index in [1.165, 1.54) is 18.2 Å². The lowest BCUT2D eigenvalue weighted by Crippen LogP contribution is -2.45. The monoisotopic (exact) mass is 415 g/mol. The number of rotatable bonds is 6. The molecule has 6 heteroatoms. The zero-order chi connectivity index (χ0) is 21.1. The van der Waals surface area contributed by atoms with Crippen LogP contribution in [-0.2, 0) is 11.3 Å². The molecule has 2 aromatic rings. The summed E-state index contributed by atoms with van der Waals surface area (Å²) in [5.74, 6) is 1.69. The summed E-state index contributed by atoms with van der Waals surface area (Å²) in [7, 11) is 0. The molecule has 3 unspecified atom stereocenters. The first-order valence-electron chi connectivity index (χ1n) is 10.7. The second-order valence-corrected chi connectivity index (χ2v) is 10.3. The quantitative estimate of drug-likeness (QED) is 0.517. The first-order valence-corrected chi connectivity index (χ1v) is 11.6. The van der Waals surface area contributed by atoms with Crippen LogP contribution in [0.4, 0.5) is 0 Å². The molecule has 0 saturated carbocycles. The second-order valence-electron chi connectivity index (χ2n) is 9.00. The van der Waals surface area contributed by atoms with E-state index in [0.29, 0.717) is 40.4 Å². The van der Waals surface area contributed by atoms with E-state index >= 15 is 0 Å². The van der Waals surface area contributed by atoms with Gasteiger partial charge in [-0.25, -0.2) is 4.98 Å². The molecule has 158 valence electrons. The molecule has 3 rings (SSSR count). The minimum absolute atomic E-state index is 0.0152. The Kier molecular flexibility index (Phi) is 7.04. The Morgan fingerprint density at radius 1 is 1.17 bits per heavy atom. The molecule has 3 atom stereocenters. The topological polar surface area (TPSA) is 55.2 Å². The van der Waals surface area contributed by atoms with Crippen molar-refractivity contribution in [3.8, 4) is 0 Å². The lowest BCUT2D eigenvalue weighted by molar-refractivity contribution is -0.132. The average molecular weight is 416 g/mol. The average Bonchev–Trinajstić information content (AvgIpc) is 2.66. The first kappa shape index (κ1) is 21.9. The van der Waals surface area contributed by atoms with E-state index in [2.05, 4.69) is 27.7 Å². The number of hydrogen-bond donors (Lipinski definition) is 0. The van der Waals surface area contributed by atoms with Crippen LogP contribution in [0.25, 0.3) is 10.9 Å². The first-order chi connectivity index (χ1) is 13.8. The number of hydrogen-bond acceptors (Lipinski definition) is 4. The summed E-state index contributed by atoms with van der Waals surface area (Å²) in [5, 5.41) is 1.01. The van der Waals surface area contributed by atoms with Crippen molar-refractivity contribution < 1.29 is 4.79 Å². The highest BCUT2D eigenvalue weighted by molar-refractivity contribution is 8.00. The Morgan fingerprint density at radius 2 is 1.83 bits per heavy atom. The maximum Gasteiger partial charge on any atom is 0.262 e. The third-order valence-electron chi connectivity index (χ3n) is 5.57.